The van der Waals surface area contributed by atoms with Crippen LogP contribution in [0.1, 0.15) is 12.0 Å². The predicted molar refractivity (Wildman–Crippen MR) is 216 cm³/mol. The van der Waals surface area contributed by atoms with Crippen LogP contribution in [0.15, 0.2) is 24.3 Å². The molecule has 3 aliphatic rings. The highest BCUT2D eigenvalue weighted by Gasteiger charge is 2.28. The predicted octanol–water partition coefficient (Wildman–Crippen LogP) is -2.03. The van der Waals surface area contributed by atoms with Gasteiger partial charge in [-0.25, -0.2) is 0 Å². The monoisotopic (exact) mass is 813 g/mol. The van der Waals surface area contributed by atoms with Gasteiger partial charge in [0.2, 0.25) is 17.8 Å². The lowest BCUT2D eigenvalue weighted by molar-refractivity contribution is -0.142. The fraction of sp³-hybridized carbons (Fsp3) is 0.649. The number of carboxylic acid groups (broad SMARTS) is 4. The first-order chi connectivity index (χ1) is 27.9. The normalized spacial score (nSPS) is 20.3. The van der Waals surface area contributed by atoms with Gasteiger partial charge < -0.3 is 46.6 Å². The summed E-state index contributed by atoms with van der Waals surface area (Å²) in [6.45, 7) is 8.47. The summed E-state index contributed by atoms with van der Waals surface area (Å²) in [5.41, 5.74) is 7.33. The molecule has 5 rings (SSSR count). The number of nitrogens with two attached hydrogens (primary N) is 1. The number of hydrogen-bond donors (Lipinski definition) is 7. The first-order valence-electron chi connectivity index (χ1n) is 20.0. The molecule has 3 aliphatic heterocycles. The fourth-order valence-electron chi connectivity index (χ4n) is 7.52. The second-order valence-electron chi connectivity index (χ2n) is 15.0. The standard InChI is InChI=1S/C37H59N13O8/c38-6-1-9-44-16-19-49(20-17-44)37-42-35(41-36(43-37)48-10-7-39-8-11-48)40-29-4-2-28(3-5-29)22-30-23-47(26-33(55)56)15-14-45(24-31(51)52)12-13-46(25-32(53)54)18-21-50(30)27-34(57)58/h2-5,30,39H,1,6-27,38H2,(H,51,52)(H,53,54)(H,55,56)(H,57,58)(H,40,41,42,43). The van der Waals surface area contributed by atoms with Gasteiger partial charge in [-0.2, -0.15) is 15.0 Å². The third-order valence-corrected chi connectivity index (χ3v) is 10.6. The third kappa shape index (κ3) is 14.6. The van der Waals surface area contributed by atoms with Crippen molar-refractivity contribution >= 4 is 47.4 Å². The van der Waals surface area contributed by atoms with Gasteiger partial charge in [-0.05, 0) is 43.6 Å². The molecule has 8 N–H and O–H groups in total. The number of hydrogen-bond acceptors (Lipinski definition) is 17. The molecule has 1 aromatic heterocycles. The van der Waals surface area contributed by atoms with Crippen molar-refractivity contribution in [1.82, 2.24) is 44.8 Å². The molecule has 0 saturated carbocycles. The van der Waals surface area contributed by atoms with E-state index >= 15 is 0 Å². The number of carbonyl (C=O) groups is 4. The van der Waals surface area contributed by atoms with E-state index in [9.17, 15) is 39.6 Å². The van der Waals surface area contributed by atoms with Crippen LogP contribution in [0.3, 0.4) is 0 Å². The Morgan fingerprint density at radius 2 is 1.14 bits per heavy atom. The molecule has 3 saturated heterocycles. The summed E-state index contributed by atoms with van der Waals surface area (Å²) >= 11 is 0. The molecule has 0 radical (unpaired) electrons. The smallest absolute Gasteiger partial charge is 0.317 e. The Hall–Kier alpha value is -4.77. The van der Waals surface area contributed by atoms with Gasteiger partial charge in [-0.3, -0.25) is 43.7 Å². The molecule has 4 heterocycles. The number of nitrogens with zero attached hydrogens (tertiary/aromatic N) is 10. The molecule has 58 heavy (non-hydrogen) atoms. The minimum Gasteiger partial charge on any atom is -0.480 e. The van der Waals surface area contributed by atoms with Crippen LogP contribution in [0, 0.1) is 0 Å². The summed E-state index contributed by atoms with van der Waals surface area (Å²) in [5.74, 6) is -2.59. The summed E-state index contributed by atoms with van der Waals surface area (Å²) < 4.78 is 0. The number of benzene rings is 1. The molecule has 0 spiro atoms. The number of carboxylic acids is 4. The molecule has 2 aromatic rings. The highest BCUT2D eigenvalue weighted by Crippen LogP contribution is 2.23. The van der Waals surface area contributed by atoms with Crippen molar-refractivity contribution in [2.75, 3.05) is 153 Å². The maximum atomic E-state index is 12.2. The summed E-state index contributed by atoms with van der Waals surface area (Å²) in [7, 11) is 0. The van der Waals surface area contributed by atoms with Gasteiger partial charge in [-0.1, -0.05) is 12.1 Å². The zero-order valence-corrected chi connectivity index (χ0v) is 33.1. The largest absolute Gasteiger partial charge is 0.480 e. The fourth-order valence-corrected chi connectivity index (χ4v) is 7.52. The maximum absolute atomic E-state index is 12.2. The molecule has 1 unspecified atom stereocenters. The second kappa shape index (κ2) is 22.4. The molecule has 21 nitrogen and oxygen atoms in total. The molecule has 3 fully saturated rings. The second-order valence-corrected chi connectivity index (χ2v) is 15.0. The van der Waals surface area contributed by atoms with Crippen LogP contribution in [0.2, 0.25) is 0 Å². The maximum Gasteiger partial charge on any atom is 0.317 e. The Bertz CT molecular complexity index is 1640. The van der Waals surface area contributed by atoms with Crippen molar-refractivity contribution in [2.45, 2.75) is 18.9 Å². The number of nitrogens with one attached hydrogen (secondary N) is 2. The lowest BCUT2D eigenvalue weighted by Gasteiger charge is -2.37. The lowest BCUT2D eigenvalue weighted by atomic mass is 10.0. The van der Waals surface area contributed by atoms with Crippen molar-refractivity contribution in [2.24, 2.45) is 5.73 Å². The van der Waals surface area contributed by atoms with Gasteiger partial charge in [0, 0.05) is 110 Å². The Labute approximate surface area is 338 Å². The average molecular weight is 814 g/mol. The quantitative estimate of drug-likeness (QED) is 0.0908. The minimum atomic E-state index is -1.07. The Balaban J connectivity index is 1.36. The summed E-state index contributed by atoms with van der Waals surface area (Å²) in [5, 5.41) is 45.6. The van der Waals surface area contributed by atoms with Gasteiger partial charge in [0.15, 0.2) is 0 Å². The van der Waals surface area contributed by atoms with Crippen molar-refractivity contribution in [1.29, 1.82) is 0 Å². The molecular weight excluding hydrogens is 754 g/mol. The van der Waals surface area contributed by atoms with E-state index in [2.05, 4.69) is 25.3 Å². The van der Waals surface area contributed by atoms with Gasteiger partial charge in [-0.15, -0.1) is 0 Å². The summed E-state index contributed by atoms with van der Waals surface area (Å²) in [4.78, 5) is 75.6. The molecule has 21 heteroatoms. The van der Waals surface area contributed by atoms with E-state index in [0.29, 0.717) is 30.8 Å². The van der Waals surface area contributed by atoms with Crippen LogP contribution in [0.5, 0.6) is 0 Å². The Morgan fingerprint density at radius 3 is 1.69 bits per heavy atom. The first-order valence-corrected chi connectivity index (χ1v) is 20.0. The molecule has 0 aliphatic carbocycles. The number of rotatable bonds is 17. The first kappa shape index (κ1) is 44.3. The zero-order chi connectivity index (χ0) is 41.4. The highest BCUT2D eigenvalue weighted by molar-refractivity contribution is 5.70. The SMILES string of the molecule is NCCCN1CCN(c2nc(Nc3ccc(CC4CN(CC(=O)O)CCN(CC(=O)O)CCN(CC(=O)O)CCN4CC(=O)O)cc3)nc(N3CCNCC3)n2)CC1. The topological polar surface area (TPSA) is 261 Å². The van der Waals surface area contributed by atoms with E-state index in [-0.39, 0.29) is 72.0 Å². The summed E-state index contributed by atoms with van der Waals surface area (Å²) in [6.07, 6.45) is 1.32. The van der Waals surface area contributed by atoms with Crippen molar-refractivity contribution in [3.05, 3.63) is 29.8 Å². The number of aliphatic carboxylic acids is 4. The molecule has 1 aromatic carbocycles. The summed E-state index contributed by atoms with van der Waals surface area (Å²) in [6, 6.07) is 7.15. The number of aromatic nitrogens is 3. The molecule has 1 atom stereocenters. The van der Waals surface area contributed by atoms with Crippen LogP contribution in [0.25, 0.3) is 0 Å². The van der Waals surface area contributed by atoms with Gasteiger partial charge in [0.1, 0.15) is 0 Å². The molecule has 0 bridgehead atoms. The van der Waals surface area contributed by atoms with Crippen LogP contribution in [-0.2, 0) is 25.6 Å². The molecular formula is C37H59N13O8. The Kier molecular flexibility index (Phi) is 17.1. The lowest BCUT2D eigenvalue weighted by Crippen LogP contribution is -2.53. The van der Waals surface area contributed by atoms with Crippen molar-refractivity contribution in [3.8, 4) is 0 Å². The van der Waals surface area contributed by atoms with E-state index in [1.165, 1.54) is 0 Å². The van der Waals surface area contributed by atoms with E-state index in [0.717, 1.165) is 76.6 Å². The van der Waals surface area contributed by atoms with Crippen LogP contribution >= 0.6 is 0 Å². The van der Waals surface area contributed by atoms with Crippen LogP contribution < -0.4 is 26.2 Å². The van der Waals surface area contributed by atoms with E-state index in [4.69, 9.17) is 20.7 Å². The van der Waals surface area contributed by atoms with Crippen LogP contribution in [0.4, 0.5) is 23.5 Å². The minimum absolute atomic E-state index is 0.184. The molecule has 320 valence electrons. The average Bonchev–Trinajstić information content (AvgIpc) is 3.19. The van der Waals surface area contributed by atoms with E-state index < -0.39 is 29.9 Å². The zero-order valence-electron chi connectivity index (χ0n) is 33.1. The van der Waals surface area contributed by atoms with Crippen LogP contribution in [-0.4, -0.2) is 227 Å². The third-order valence-electron chi connectivity index (χ3n) is 10.6. The van der Waals surface area contributed by atoms with Crippen molar-refractivity contribution in [3.63, 3.8) is 0 Å². The van der Waals surface area contributed by atoms with Gasteiger partial charge >= 0.3 is 23.9 Å². The van der Waals surface area contributed by atoms with Gasteiger partial charge in [0.05, 0.1) is 26.2 Å². The van der Waals surface area contributed by atoms with Gasteiger partial charge in [0.25, 0.3) is 0 Å². The van der Waals surface area contributed by atoms with E-state index in [1.54, 1.807) is 19.6 Å². The highest BCUT2D eigenvalue weighted by atomic mass is 16.4. The number of piperazine rings is 2. The Morgan fingerprint density at radius 1 is 0.638 bits per heavy atom. The molecule has 0 amide bonds. The van der Waals surface area contributed by atoms with Crippen molar-refractivity contribution < 1.29 is 39.6 Å². The number of anilines is 4. The van der Waals surface area contributed by atoms with E-state index in [1.807, 2.05) is 24.3 Å².